The second-order valence-electron chi connectivity index (χ2n) is 5.84. The molecule has 1 aromatic heterocycles. The molecule has 0 unspecified atom stereocenters. The second-order valence-corrected chi connectivity index (χ2v) is 5.84. The minimum Gasteiger partial charge on any atom is -0.497 e. The van der Waals surface area contributed by atoms with Crippen LogP contribution in [-0.2, 0) is 13.1 Å². The number of benzene rings is 2. The van der Waals surface area contributed by atoms with E-state index < -0.39 is 4.92 Å². The number of non-ortho nitro benzene ring substituents is 1. The fraction of sp³-hybridized carbons (Fsp3) is 0.222. The molecule has 8 nitrogen and oxygen atoms in total. The number of nitro groups is 1. The molecule has 0 spiro atoms. The summed E-state index contributed by atoms with van der Waals surface area (Å²) in [5.41, 5.74) is 1.67. The van der Waals surface area contributed by atoms with Crippen LogP contribution in [0, 0.1) is 10.1 Å². The maximum atomic E-state index is 10.9. The summed E-state index contributed by atoms with van der Waals surface area (Å²) in [6, 6.07) is 14.0. The summed E-state index contributed by atoms with van der Waals surface area (Å²) in [5.74, 6) is 1.60. The molecule has 0 saturated heterocycles. The molecular weight excluding hydrogens is 336 g/mol. The van der Waals surface area contributed by atoms with Gasteiger partial charge in [0.1, 0.15) is 5.75 Å². The van der Waals surface area contributed by atoms with E-state index in [-0.39, 0.29) is 5.69 Å². The third kappa shape index (κ3) is 4.22. The quantitative estimate of drug-likeness (QED) is 0.474. The zero-order valence-electron chi connectivity index (χ0n) is 14.5. The molecule has 0 fully saturated rings. The average molecular weight is 354 g/mol. The zero-order chi connectivity index (χ0) is 18.5. The number of nitro benzene ring substituents is 1. The number of hydrogen-bond donors (Lipinski definition) is 0. The first kappa shape index (κ1) is 17.6. The Hall–Kier alpha value is -3.26. The van der Waals surface area contributed by atoms with Crippen LogP contribution in [0.25, 0.3) is 11.4 Å². The molecule has 3 aromatic rings. The number of aromatic nitrogens is 2. The van der Waals surface area contributed by atoms with Gasteiger partial charge in [0.15, 0.2) is 0 Å². The van der Waals surface area contributed by atoms with Crippen LogP contribution in [0.2, 0.25) is 0 Å². The Morgan fingerprint density at radius 2 is 1.96 bits per heavy atom. The first-order valence-corrected chi connectivity index (χ1v) is 7.94. The van der Waals surface area contributed by atoms with Gasteiger partial charge in [-0.1, -0.05) is 29.4 Å². The number of nitrogens with zero attached hydrogens (tertiary/aromatic N) is 4. The maximum Gasteiger partial charge on any atom is 0.270 e. The average Bonchev–Trinajstić information content (AvgIpc) is 3.10. The molecule has 3 rings (SSSR count). The van der Waals surface area contributed by atoms with E-state index >= 15 is 0 Å². The number of hydrogen-bond acceptors (Lipinski definition) is 7. The van der Waals surface area contributed by atoms with E-state index in [0.717, 1.165) is 11.3 Å². The fourth-order valence-electron chi connectivity index (χ4n) is 2.52. The smallest absolute Gasteiger partial charge is 0.270 e. The summed E-state index contributed by atoms with van der Waals surface area (Å²) in [6.07, 6.45) is 0. The van der Waals surface area contributed by atoms with Gasteiger partial charge in [-0.15, -0.1) is 0 Å². The summed E-state index contributed by atoms with van der Waals surface area (Å²) in [6.45, 7) is 1.17. The van der Waals surface area contributed by atoms with Crippen LogP contribution in [0.5, 0.6) is 5.75 Å². The summed E-state index contributed by atoms with van der Waals surface area (Å²) in [7, 11) is 3.58. The normalized spacial score (nSPS) is 10.9. The predicted molar refractivity (Wildman–Crippen MR) is 94.6 cm³/mol. The Morgan fingerprint density at radius 3 is 2.65 bits per heavy atom. The van der Waals surface area contributed by atoms with Crippen molar-refractivity contribution in [3.8, 4) is 17.1 Å². The Bertz CT molecular complexity index is 892. The summed E-state index contributed by atoms with van der Waals surface area (Å²) in [4.78, 5) is 16.8. The highest BCUT2D eigenvalue weighted by atomic mass is 16.6. The van der Waals surface area contributed by atoms with Crippen LogP contribution in [0.1, 0.15) is 11.5 Å². The Balaban J connectivity index is 1.65. The van der Waals surface area contributed by atoms with Gasteiger partial charge in [-0.2, -0.15) is 4.98 Å². The van der Waals surface area contributed by atoms with Gasteiger partial charge in [-0.05, 0) is 24.7 Å². The third-order valence-electron chi connectivity index (χ3n) is 3.80. The van der Waals surface area contributed by atoms with Gasteiger partial charge in [0.25, 0.3) is 5.69 Å². The van der Waals surface area contributed by atoms with Gasteiger partial charge < -0.3 is 9.26 Å². The molecule has 0 radical (unpaired) electrons. The first-order valence-electron chi connectivity index (χ1n) is 7.94. The molecular formula is C18H18N4O4. The third-order valence-corrected chi connectivity index (χ3v) is 3.80. The van der Waals surface area contributed by atoms with Crippen molar-refractivity contribution >= 4 is 5.69 Å². The summed E-state index contributed by atoms with van der Waals surface area (Å²) in [5, 5.41) is 14.8. The first-order chi connectivity index (χ1) is 12.5. The van der Waals surface area contributed by atoms with Crippen LogP contribution in [0.15, 0.2) is 53.1 Å². The van der Waals surface area contributed by atoms with Crippen molar-refractivity contribution in [2.45, 2.75) is 13.1 Å². The molecule has 0 aliphatic carbocycles. The lowest BCUT2D eigenvalue weighted by molar-refractivity contribution is -0.384. The van der Waals surface area contributed by atoms with E-state index in [1.54, 1.807) is 19.2 Å². The molecule has 26 heavy (non-hydrogen) atoms. The lowest BCUT2D eigenvalue weighted by Gasteiger charge is -2.14. The van der Waals surface area contributed by atoms with Gasteiger partial charge in [0.2, 0.25) is 11.7 Å². The number of methoxy groups -OCH3 is 1. The molecule has 0 saturated carbocycles. The van der Waals surface area contributed by atoms with Crippen LogP contribution >= 0.6 is 0 Å². The second kappa shape index (κ2) is 7.75. The Morgan fingerprint density at radius 1 is 1.19 bits per heavy atom. The molecule has 0 amide bonds. The van der Waals surface area contributed by atoms with E-state index in [4.69, 9.17) is 9.26 Å². The van der Waals surface area contributed by atoms with Gasteiger partial charge in [0.05, 0.1) is 18.6 Å². The lowest BCUT2D eigenvalue weighted by atomic mass is 10.2. The van der Waals surface area contributed by atoms with Crippen molar-refractivity contribution < 1.29 is 14.2 Å². The molecule has 1 heterocycles. The summed E-state index contributed by atoms with van der Waals surface area (Å²) < 4.78 is 10.4. The monoisotopic (exact) mass is 354 g/mol. The minimum atomic E-state index is -0.451. The van der Waals surface area contributed by atoms with E-state index in [1.165, 1.54) is 12.1 Å². The zero-order valence-corrected chi connectivity index (χ0v) is 14.5. The largest absolute Gasteiger partial charge is 0.497 e. The fourth-order valence-corrected chi connectivity index (χ4v) is 2.52. The van der Waals surface area contributed by atoms with E-state index in [2.05, 4.69) is 10.1 Å². The van der Waals surface area contributed by atoms with Crippen LogP contribution in [-0.4, -0.2) is 34.1 Å². The van der Waals surface area contributed by atoms with Gasteiger partial charge in [-0.25, -0.2) is 0 Å². The minimum absolute atomic E-state index is 0.00882. The predicted octanol–water partition coefficient (Wildman–Crippen LogP) is 3.29. The topological polar surface area (TPSA) is 94.5 Å². The van der Waals surface area contributed by atoms with E-state index in [9.17, 15) is 10.1 Å². The molecule has 8 heteroatoms. The molecule has 0 N–H and O–H groups in total. The SMILES string of the molecule is COc1ccc(CN(C)Cc2nc(-c3cccc([N+](=O)[O-])c3)no2)cc1. The van der Waals surface area contributed by atoms with Crippen LogP contribution < -0.4 is 4.74 Å². The van der Waals surface area contributed by atoms with Crippen LogP contribution in [0.4, 0.5) is 5.69 Å². The molecule has 0 aliphatic heterocycles. The molecule has 134 valence electrons. The highest BCUT2D eigenvalue weighted by Gasteiger charge is 2.14. The standard InChI is InChI=1S/C18H18N4O4/c1-21(11-13-6-8-16(25-2)9-7-13)12-17-19-18(20-26-17)14-4-3-5-15(10-14)22(23)24/h3-10H,11-12H2,1-2H3. The molecule has 2 aromatic carbocycles. The van der Waals surface area contributed by atoms with Crippen molar-refractivity contribution in [1.29, 1.82) is 0 Å². The number of rotatable bonds is 7. The highest BCUT2D eigenvalue weighted by Crippen LogP contribution is 2.21. The van der Waals surface area contributed by atoms with E-state index in [0.29, 0.717) is 30.4 Å². The van der Waals surface area contributed by atoms with Gasteiger partial charge in [0, 0.05) is 24.2 Å². The Labute approximate surface area is 150 Å². The highest BCUT2D eigenvalue weighted by molar-refractivity contribution is 5.58. The summed E-state index contributed by atoms with van der Waals surface area (Å²) >= 11 is 0. The van der Waals surface area contributed by atoms with Gasteiger partial charge >= 0.3 is 0 Å². The molecule has 0 aliphatic rings. The van der Waals surface area contributed by atoms with Crippen molar-refractivity contribution in [1.82, 2.24) is 15.0 Å². The van der Waals surface area contributed by atoms with Crippen molar-refractivity contribution in [2.75, 3.05) is 14.2 Å². The molecule has 0 bridgehead atoms. The van der Waals surface area contributed by atoms with Gasteiger partial charge in [-0.3, -0.25) is 15.0 Å². The van der Waals surface area contributed by atoms with Crippen LogP contribution in [0.3, 0.4) is 0 Å². The molecule has 0 atom stereocenters. The van der Waals surface area contributed by atoms with Crippen molar-refractivity contribution in [3.63, 3.8) is 0 Å². The lowest BCUT2D eigenvalue weighted by Crippen LogP contribution is -2.17. The Kier molecular flexibility index (Phi) is 5.23. The van der Waals surface area contributed by atoms with E-state index in [1.807, 2.05) is 36.2 Å². The van der Waals surface area contributed by atoms with Crippen molar-refractivity contribution in [2.24, 2.45) is 0 Å². The van der Waals surface area contributed by atoms with Crippen molar-refractivity contribution in [3.05, 3.63) is 70.1 Å². The number of ether oxygens (including phenoxy) is 1. The maximum absolute atomic E-state index is 10.9.